The topological polar surface area (TPSA) is 123 Å². The average Bonchev–Trinajstić information content (AvgIpc) is 3.26. The highest BCUT2D eigenvalue weighted by Gasteiger charge is 2.46. The number of carbonyl (C=O) groups is 2. The second-order valence-corrected chi connectivity index (χ2v) is 8.69. The molecule has 35 heavy (non-hydrogen) atoms. The molecule has 0 radical (unpaired) electrons. The zero-order valence-corrected chi connectivity index (χ0v) is 19.0. The van der Waals surface area contributed by atoms with Crippen LogP contribution in [0.4, 0.5) is 5.69 Å². The third-order valence-electron chi connectivity index (χ3n) is 6.31. The van der Waals surface area contributed by atoms with Gasteiger partial charge in [0.1, 0.15) is 18.0 Å². The van der Waals surface area contributed by atoms with Gasteiger partial charge in [0.15, 0.2) is 0 Å². The summed E-state index contributed by atoms with van der Waals surface area (Å²) in [6.07, 6.45) is 5.98. The number of rotatable bonds is 7. The molecule has 5 rings (SSSR count). The lowest BCUT2D eigenvalue weighted by atomic mass is 9.84. The lowest BCUT2D eigenvalue weighted by Gasteiger charge is -2.37. The molecule has 0 spiro atoms. The molecule has 3 aromatic rings. The number of ether oxygens (including phenoxy) is 2. The standard InChI is InChI=1S/C26H26N4O5/c31-15-23-25-21(10-19(34-23)11-24(32)29-13-16-3-1-7-27-12-16)20-9-18(5-6-22(20)35-25)30-26(33)17-4-2-8-28-14-17/h1-9,12,14,19,21,23,25,31H,10-11,13,15H2,(H,29,32)(H,30,33)/t19-,21-,23+,25+/m1/s1. The summed E-state index contributed by atoms with van der Waals surface area (Å²) in [6.45, 7) is 0.175. The molecule has 9 heteroatoms. The Labute approximate surface area is 202 Å². The van der Waals surface area contributed by atoms with Gasteiger partial charge in [-0.25, -0.2) is 0 Å². The van der Waals surface area contributed by atoms with Crippen molar-refractivity contribution in [3.63, 3.8) is 0 Å². The van der Waals surface area contributed by atoms with Crippen LogP contribution in [0, 0.1) is 0 Å². The van der Waals surface area contributed by atoms with E-state index in [4.69, 9.17) is 9.47 Å². The van der Waals surface area contributed by atoms with Crippen molar-refractivity contribution >= 4 is 17.5 Å². The Morgan fingerprint density at radius 2 is 1.91 bits per heavy atom. The molecule has 2 aliphatic heterocycles. The van der Waals surface area contributed by atoms with Gasteiger partial charge in [-0.05, 0) is 48.4 Å². The molecule has 1 saturated heterocycles. The molecule has 9 nitrogen and oxygen atoms in total. The molecule has 1 fully saturated rings. The van der Waals surface area contributed by atoms with Gasteiger partial charge in [-0.1, -0.05) is 6.07 Å². The summed E-state index contributed by atoms with van der Waals surface area (Å²) in [5, 5.41) is 15.7. The van der Waals surface area contributed by atoms with Crippen molar-refractivity contribution in [2.45, 2.75) is 43.6 Å². The molecule has 4 atom stereocenters. The smallest absolute Gasteiger partial charge is 0.257 e. The minimum absolute atomic E-state index is 0.0673. The highest BCUT2D eigenvalue weighted by atomic mass is 16.6. The van der Waals surface area contributed by atoms with Crippen LogP contribution >= 0.6 is 0 Å². The second-order valence-electron chi connectivity index (χ2n) is 8.69. The number of benzene rings is 1. The van der Waals surface area contributed by atoms with Crippen molar-refractivity contribution in [2.24, 2.45) is 0 Å². The van der Waals surface area contributed by atoms with Crippen molar-refractivity contribution in [3.8, 4) is 5.75 Å². The van der Waals surface area contributed by atoms with E-state index in [1.165, 1.54) is 6.20 Å². The molecule has 180 valence electrons. The molecule has 4 heterocycles. The fraction of sp³-hybridized carbons (Fsp3) is 0.308. The van der Waals surface area contributed by atoms with Gasteiger partial charge in [0.2, 0.25) is 5.91 Å². The van der Waals surface area contributed by atoms with Gasteiger partial charge in [-0.2, -0.15) is 0 Å². The Kier molecular flexibility index (Phi) is 6.69. The van der Waals surface area contributed by atoms with Crippen molar-refractivity contribution < 1.29 is 24.2 Å². The highest BCUT2D eigenvalue weighted by Crippen LogP contribution is 2.47. The van der Waals surface area contributed by atoms with Crippen LogP contribution in [0.2, 0.25) is 0 Å². The minimum Gasteiger partial charge on any atom is -0.487 e. The molecule has 0 aliphatic carbocycles. The van der Waals surface area contributed by atoms with Crippen LogP contribution in [0.1, 0.15) is 40.2 Å². The van der Waals surface area contributed by atoms with E-state index >= 15 is 0 Å². The van der Waals surface area contributed by atoms with Crippen molar-refractivity contribution in [1.29, 1.82) is 0 Å². The lowest BCUT2D eigenvalue weighted by Crippen LogP contribution is -2.47. The number of nitrogens with one attached hydrogen (secondary N) is 2. The summed E-state index contributed by atoms with van der Waals surface area (Å²) < 4.78 is 12.1. The molecule has 0 bridgehead atoms. The largest absolute Gasteiger partial charge is 0.487 e. The Morgan fingerprint density at radius 3 is 2.66 bits per heavy atom. The van der Waals surface area contributed by atoms with Gasteiger partial charge in [0.25, 0.3) is 5.91 Å². The second kappa shape index (κ2) is 10.2. The Hall–Kier alpha value is -3.82. The maximum atomic E-state index is 12.6. The van der Waals surface area contributed by atoms with Crippen LogP contribution in [0.3, 0.4) is 0 Å². The Morgan fingerprint density at radius 1 is 1.09 bits per heavy atom. The van der Waals surface area contributed by atoms with E-state index in [9.17, 15) is 14.7 Å². The van der Waals surface area contributed by atoms with Crippen molar-refractivity contribution in [2.75, 3.05) is 11.9 Å². The van der Waals surface area contributed by atoms with Crippen LogP contribution in [0.25, 0.3) is 0 Å². The SMILES string of the molecule is O=C(C[C@H]1C[C@@H]2c3cc(NC(=O)c4cccnc4)ccc3O[C@@H]2[C@H](CO)O1)NCc1cccnc1. The quantitative estimate of drug-likeness (QED) is 0.481. The van der Waals surface area contributed by atoms with Gasteiger partial charge in [0.05, 0.1) is 24.7 Å². The van der Waals surface area contributed by atoms with Gasteiger partial charge in [-0.15, -0.1) is 0 Å². The maximum Gasteiger partial charge on any atom is 0.257 e. The van der Waals surface area contributed by atoms with Crippen LogP contribution in [0.5, 0.6) is 5.75 Å². The number of nitrogens with zero attached hydrogens (tertiary/aromatic N) is 2. The van der Waals surface area contributed by atoms with Crippen molar-refractivity contribution in [1.82, 2.24) is 15.3 Å². The number of hydrogen-bond donors (Lipinski definition) is 3. The third-order valence-corrected chi connectivity index (χ3v) is 6.31. The van der Waals surface area contributed by atoms with Crippen molar-refractivity contribution in [3.05, 3.63) is 83.9 Å². The first kappa shape index (κ1) is 22.9. The molecule has 1 aromatic carbocycles. The summed E-state index contributed by atoms with van der Waals surface area (Å²) in [5.41, 5.74) is 2.95. The van der Waals surface area contributed by atoms with Crippen LogP contribution in [-0.4, -0.2) is 51.8 Å². The zero-order valence-electron chi connectivity index (χ0n) is 19.0. The minimum atomic E-state index is -0.550. The van der Waals surface area contributed by atoms with Gasteiger partial charge in [-0.3, -0.25) is 19.6 Å². The number of aliphatic hydroxyl groups is 1. The Balaban J connectivity index is 1.26. The average molecular weight is 475 g/mol. The number of hydrogen-bond acceptors (Lipinski definition) is 7. The fourth-order valence-corrected chi connectivity index (χ4v) is 4.65. The van der Waals surface area contributed by atoms with Gasteiger partial charge >= 0.3 is 0 Å². The summed E-state index contributed by atoms with van der Waals surface area (Å²) in [4.78, 5) is 33.2. The number of aliphatic hydroxyl groups excluding tert-OH is 1. The third kappa shape index (κ3) is 5.16. The van der Waals surface area contributed by atoms with Crippen LogP contribution < -0.4 is 15.4 Å². The van der Waals surface area contributed by atoms with E-state index in [1.807, 2.05) is 24.3 Å². The normalized spacial score (nSPS) is 22.4. The summed E-state index contributed by atoms with van der Waals surface area (Å²) >= 11 is 0. The monoisotopic (exact) mass is 474 g/mol. The lowest BCUT2D eigenvalue weighted by molar-refractivity contribution is -0.142. The first-order chi connectivity index (χ1) is 17.1. The summed E-state index contributed by atoms with van der Waals surface area (Å²) in [5.74, 6) is 0.243. The first-order valence-corrected chi connectivity index (χ1v) is 11.5. The molecule has 0 unspecified atom stereocenters. The number of pyridine rings is 2. The Bertz CT molecular complexity index is 1190. The van der Waals surface area contributed by atoms with E-state index in [0.29, 0.717) is 30.0 Å². The molecule has 2 amide bonds. The molecular weight excluding hydrogens is 448 g/mol. The van der Waals surface area contributed by atoms with Crippen LogP contribution in [0.15, 0.2) is 67.3 Å². The number of amides is 2. The molecule has 0 saturated carbocycles. The van der Waals surface area contributed by atoms with E-state index < -0.39 is 6.10 Å². The number of fused-ring (bicyclic) bond motifs is 3. The highest BCUT2D eigenvalue weighted by molar-refractivity contribution is 6.04. The van der Waals surface area contributed by atoms with E-state index in [2.05, 4.69) is 20.6 Å². The zero-order chi connectivity index (χ0) is 24.2. The summed E-state index contributed by atoms with van der Waals surface area (Å²) in [7, 11) is 0. The van der Waals surface area contributed by atoms with Gasteiger partial charge in [0, 0.05) is 48.5 Å². The number of aromatic nitrogens is 2. The fourth-order valence-electron chi connectivity index (χ4n) is 4.65. The van der Waals surface area contributed by atoms with E-state index in [0.717, 1.165) is 11.1 Å². The molecule has 2 aromatic heterocycles. The predicted molar refractivity (Wildman–Crippen MR) is 127 cm³/mol. The molecule has 3 N–H and O–H groups in total. The summed E-state index contributed by atoms with van der Waals surface area (Å²) in [6, 6.07) is 12.6. The molecular formula is C26H26N4O5. The number of carbonyl (C=O) groups excluding carboxylic acids is 2. The molecule has 2 aliphatic rings. The van der Waals surface area contributed by atoms with Gasteiger partial charge < -0.3 is 25.2 Å². The first-order valence-electron chi connectivity index (χ1n) is 11.5. The van der Waals surface area contributed by atoms with Crippen LogP contribution in [-0.2, 0) is 16.1 Å². The number of anilines is 1. The predicted octanol–water partition coefficient (Wildman–Crippen LogP) is 2.43. The van der Waals surface area contributed by atoms with E-state index in [-0.39, 0.29) is 43.0 Å². The van der Waals surface area contributed by atoms with E-state index in [1.54, 1.807) is 36.8 Å². The maximum absolute atomic E-state index is 12.6.